The van der Waals surface area contributed by atoms with Crippen LogP contribution in [0.5, 0.6) is 5.75 Å². The van der Waals surface area contributed by atoms with Crippen LogP contribution in [0, 0.1) is 0 Å². The molecule has 0 fully saturated rings. The van der Waals surface area contributed by atoms with Crippen LogP contribution in [0.2, 0.25) is 0 Å². The molecular formula is C12H10BrNO2S. The van der Waals surface area contributed by atoms with Gasteiger partial charge in [-0.3, -0.25) is 4.79 Å². The minimum atomic E-state index is -0.312. The van der Waals surface area contributed by atoms with Gasteiger partial charge in [-0.25, -0.2) is 4.98 Å². The van der Waals surface area contributed by atoms with Gasteiger partial charge in [-0.15, -0.1) is 11.3 Å². The predicted octanol–water partition coefficient (Wildman–Crippen LogP) is 3.63. The van der Waals surface area contributed by atoms with E-state index in [9.17, 15) is 4.79 Å². The number of thiazole rings is 1. The second-order valence-electron chi connectivity index (χ2n) is 3.38. The highest BCUT2D eigenvalue weighted by Gasteiger charge is 2.04. The van der Waals surface area contributed by atoms with E-state index in [0.29, 0.717) is 5.75 Å². The number of nitrogens with zero attached hydrogens (tertiary/aromatic N) is 1. The number of hydrogen-bond acceptors (Lipinski definition) is 4. The summed E-state index contributed by atoms with van der Waals surface area (Å²) in [4.78, 5) is 15.2. The fourth-order valence-electron chi connectivity index (χ4n) is 1.36. The van der Waals surface area contributed by atoms with Crippen LogP contribution in [0.15, 0.2) is 29.6 Å². The number of hydrogen-bond donors (Lipinski definition) is 0. The van der Waals surface area contributed by atoms with Crippen molar-refractivity contribution in [2.45, 2.75) is 12.3 Å². The Bertz CT molecular complexity index is 522. The van der Waals surface area contributed by atoms with Crippen molar-refractivity contribution in [3.8, 4) is 17.0 Å². The van der Waals surface area contributed by atoms with Gasteiger partial charge < -0.3 is 4.74 Å². The molecule has 0 saturated heterocycles. The summed E-state index contributed by atoms with van der Waals surface area (Å²) >= 11 is 4.99. The zero-order valence-corrected chi connectivity index (χ0v) is 11.5. The molecule has 1 aromatic heterocycles. The van der Waals surface area contributed by atoms with E-state index in [1.165, 1.54) is 6.92 Å². The maximum absolute atomic E-state index is 10.8. The highest BCUT2D eigenvalue weighted by molar-refractivity contribution is 9.08. The Morgan fingerprint density at radius 3 is 2.65 bits per heavy atom. The van der Waals surface area contributed by atoms with Crippen LogP contribution >= 0.6 is 27.3 Å². The Morgan fingerprint density at radius 2 is 2.12 bits per heavy atom. The molecule has 88 valence electrons. The van der Waals surface area contributed by atoms with Crippen molar-refractivity contribution in [3.63, 3.8) is 0 Å². The molecular weight excluding hydrogens is 302 g/mol. The van der Waals surface area contributed by atoms with Crippen LogP contribution in [-0.2, 0) is 10.1 Å². The number of rotatable bonds is 3. The topological polar surface area (TPSA) is 39.2 Å². The zero-order chi connectivity index (χ0) is 12.3. The van der Waals surface area contributed by atoms with Gasteiger partial charge in [0.2, 0.25) is 0 Å². The summed E-state index contributed by atoms with van der Waals surface area (Å²) in [6.45, 7) is 1.39. The van der Waals surface area contributed by atoms with E-state index in [2.05, 4.69) is 20.9 Å². The Kier molecular flexibility index (Phi) is 3.91. The van der Waals surface area contributed by atoms with E-state index in [1.807, 2.05) is 17.5 Å². The Morgan fingerprint density at radius 1 is 1.41 bits per heavy atom. The average Bonchev–Trinajstić information content (AvgIpc) is 2.78. The molecule has 5 heteroatoms. The summed E-state index contributed by atoms with van der Waals surface area (Å²) in [7, 11) is 0. The lowest BCUT2D eigenvalue weighted by Crippen LogP contribution is -2.00. The number of alkyl halides is 1. The highest BCUT2D eigenvalue weighted by atomic mass is 79.9. The molecule has 3 nitrogen and oxygen atoms in total. The number of esters is 1. The molecule has 0 aliphatic carbocycles. The van der Waals surface area contributed by atoms with Gasteiger partial charge >= 0.3 is 5.97 Å². The third-order valence-electron chi connectivity index (χ3n) is 2.08. The van der Waals surface area contributed by atoms with E-state index in [1.54, 1.807) is 23.5 Å². The summed E-state index contributed by atoms with van der Waals surface area (Å²) in [6.07, 6.45) is 0. The van der Waals surface area contributed by atoms with Gasteiger partial charge in [0.25, 0.3) is 0 Å². The number of halogens is 1. The smallest absolute Gasteiger partial charge is 0.308 e. The fraction of sp³-hybridized carbons (Fsp3) is 0.167. The van der Waals surface area contributed by atoms with Crippen molar-refractivity contribution >= 4 is 33.2 Å². The first kappa shape index (κ1) is 12.3. The lowest BCUT2D eigenvalue weighted by molar-refractivity contribution is -0.131. The van der Waals surface area contributed by atoms with E-state index >= 15 is 0 Å². The number of aromatic nitrogens is 1. The Hall–Kier alpha value is -1.20. The molecule has 0 N–H and O–H groups in total. The van der Waals surface area contributed by atoms with Crippen LogP contribution < -0.4 is 4.74 Å². The Labute approximate surface area is 112 Å². The second-order valence-corrected chi connectivity index (χ2v) is 4.88. The van der Waals surface area contributed by atoms with E-state index in [4.69, 9.17) is 4.74 Å². The van der Waals surface area contributed by atoms with Gasteiger partial charge in [-0.2, -0.15) is 0 Å². The van der Waals surface area contributed by atoms with E-state index < -0.39 is 0 Å². The summed E-state index contributed by atoms with van der Waals surface area (Å²) in [5.74, 6) is 0.241. The number of benzene rings is 1. The van der Waals surface area contributed by atoms with Crippen molar-refractivity contribution in [1.29, 1.82) is 0 Å². The van der Waals surface area contributed by atoms with Crippen molar-refractivity contribution in [2.75, 3.05) is 0 Å². The fourth-order valence-corrected chi connectivity index (χ4v) is 2.54. The lowest BCUT2D eigenvalue weighted by atomic mass is 10.2. The molecule has 0 radical (unpaired) electrons. The molecule has 0 unspecified atom stereocenters. The molecule has 0 saturated carbocycles. The van der Waals surface area contributed by atoms with Crippen LogP contribution in [0.3, 0.4) is 0 Å². The summed E-state index contributed by atoms with van der Waals surface area (Å²) < 4.78 is 4.97. The molecule has 2 rings (SSSR count). The molecule has 0 aliphatic rings. The van der Waals surface area contributed by atoms with Crippen molar-refractivity contribution in [1.82, 2.24) is 4.98 Å². The van der Waals surface area contributed by atoms with Gasteiger partial charge in [0.05, 0.1) is 11.0 Å². The average molecular weight is 312 g/mol. The first-order valence-corrected chi connectivity index (χ1v) is 6.98. The summed E-state index contributed by atoms with van der Waals surface area (Å²) in [6, 6.07) is 7.32. The molecule has 1 aromatic carbocycles. The van der Waals surface area contributed by atoms with E-state index in [0.717, 1.165) is 21.6 Å². The van der Waals surface area contributed by atoms with Crippen molar-refractivity contribution in [3.05, 3.63) is 34.7 Å². The zero-order valence-electron chi connectivity index (χ0n) is 9.14. The first-order chi connectivity index (χ1) is 8.19. The normalized spacial score (nSPS) is 10.2. The maximum Gasteiger partial charge on any atom is 0.308 e. The quantitative estimate of drug-likeness (QED) is 0.493. The molecule has 1 heterocycles. The molecule has 0 amide bonds. The first-order valence-electron chi connectivity index (χ1n) is 4.98. The van der Waals surface area contributed by atoms with Crippen LogP contribution in [-0.4, -0.2) is 11.0 Å². The number of carbonyl (C=O) groups is 1. The molecule has 0 atom stereocenters. The minimum absolute atomic E-state index is 0.312. The maximum atomic E-state index is 10.8. The summed E-state index contributed by atoms with van der Waals surface area (Å²) in [5.41, 5.74) is 1.96. The number of carbonyl (C=O) groups excluding carboxylic acids is 1. The monoisotopic (exact) mass is 311 g/mol. The molecule has 0 bridgehead atoms. The predicted molar refractivity (Wildman–Crippen MR) is 71.5 cm³/mol. The standard InChI is InChI=1S/C12H10BrNO2S/c1-8(15)16-10-4-2-9(3-5-10)11-7-17-12(6-13)14-11/h2-5,7H,6H2,1H3. The van der Waals surface area contributed by atoms with Crippen LogP contribution in [0.1, 0.15) is 11.9 Å². The third kappa shape index (κ3) is 3.14. The SMILES string of the molecule is CC(=O)Oc1ccc(-c2csc(CBr)n2)cc1. The molecule has 2 aromatic rings. The second kappa shape index (κ2) is 5.42. The highest BCUT2D eigenvalue weighted by Crippen LogP contribution is 2.25. The number of ether oxygens (including phenoxy) is 1. The lowest BCUT2D eigenvalue weighted by Gasteiger charge is -2.01. The molecule has 0 aliphatic heterocycles. The minimum Gasteiger partial charge on any atom is -0.427 e. The van der Waals surface area contributed by atoms with Gasteiger partial charge in [0.1, 0.15) is 10.8 Å². The van der Waals surface area contributed by atoms with Crippen molar-refractivity contribution < 1.29 is 9.53 Å². The van der Waals surface area contributed by atoms with Gasteiger partial charge in [0, 0.05) is 17.9 Å². The van der Waals surface area contributed by atoms with Gasteiger partial charge in [-0.05, 0) is 24.3 Å². The summed E-state index contributed by atoms with van der Waals surface area (Å²) in [5, 5.41) is 3.82. The van der Waals surface area contributed by atoms with Crippen molar-refractivity contribution in [2.24, 2.45) is 0 Å². The van der Waals surface area contributed by atoms with Gasteiger partial charge in [-0.1, -0.05) is 15.9 Å². The Balaban J connectivity index is 2.19. The van der Waals surface area contributed by atoms with Gasteiger partial charge in [0.15, 0.2) is 0 Å². The van der Waals surface area contributed by atoms with E-state index in [-0.39, 0.29) is 5.97 Å². The molecule has 0 spiro atoms. The largest absolute Gasteiger partial charge is 0.427 e. The van der Waals surface area contributed by atoms with Crippen LogP contribution in [0.4, 0.5) is 0 Å². The van der Waals surface area contributed by atoms with Crippen LogP contribution in [0.25, 0.3) is 11.3 Å². The third-order valence-corrected chi connectivity index (χ3v) is 3.83. The molecule has 17 heavy (non-hydrogen) atoms.